The van der Waals surface area contributed by atoms with E-state index in [9.17, 15) is 0 Å². The summed E-state index contributed by atoms with van der Waals surface area (Å²) in [7, 11) is 0. The number of hydrogen-bond acceptors (Lipinski definition) is 5. The van der Waals surface area contributed by atoms with Crippen LogP contribution in [0.2, 0.25) is 5.02 Å². The van der Waals surface area contributed by atoms with E-state index in [1.54, 1.807) is 11.8 Å². The Morgan fingerprint density at radius 3 is 2.76 bits per heavy atom. The molecule has 2 N–H and O–H groups in total. The van der Waals surface area contributed by atoms with Gasteiger partial charge in [0, 0.05) is 16.0 Å². The fourth-order valence-electron chi connectivity index (χ4n) is 2.62. The van der Waals surface area contributed by atoms with E-state index in [-0.39, 0.29) is 12.0 Å². The molecule has 1 aliphatic carbocycles. The molecule has 112 valence electrons. The van der Waals surface area contributed by atoms with Crippen LogP contribution < -0.4 is 5.73 Å². The smallest absolute Gasteiger partial charge is 0.231 e. The van der Waals surface area contributed by atoms with E-state index >= 15 is 0 Å². The van der Waals surface area contributed by atoms with E-state index in [0.29, 0.717) is 11.6 Å². The zero-order chi connectivity index (χ0) is 14.7. The van der Waals surface area contributed by atoms with Crippen molar-refractivity contribution in [3.63, 3.8) is 0 Å². The summed E-state index contributed by atoms with van der Waals surface area (Å²) in [6.45, 7) is 0. The van der Waals surface area contributed by atoms with Gasteiger partial charge in [-0.05, 0) is 37.1 Å². The molecule has 4 nitrogen and oxygen atoms in total. The second kappa shape index (κ2) is 6.81. The van der Waals surface area contributed by atoms with Gasteiger partial charge in [0.2, 0.25) is 5.89 Å². The second-order valence-corrected chi connectivity index (χ2v) is 6.83. The first kappa shape index (κ1) is 14.9. The summed E-state index contributed by atoms with van der Waals surface area (Å²) < 4.78 is 5.41. The summed E-state index contributed by atoms with van der Waals surface area (Å²) in [5, 5.41) is 4.81. The zero-order valence-electron chi connectivity index (χ0n) is 11.7. The lowest BCUT2D eigenvalue weighted by molar-refractivity contribution is 0.289. The Bertz CT molecular complexity index is 587. The number of thioether (sulfide) groups is 1. The summed E-state index contributed by atoms with van der Waals surface area (Å²) in [6, 6.07) is 7.89. The van der Waals surface area contributed by atoms with Gasteiger partial charge in [-0.25, -0.2) is 0 Å². The first-order valence-corrected chi connectivity index (χ1v) is 8.55. The molecule has 2 unspecified atom stereocenters. The maximum atomic E-state index is 6.15. The summed E-state index contributed by atoms with van der Waals surface area (Å²) in [5.74, 6) is 2.34. The summed E-state index contributed by atoms with van der Waals surface area (Å²) in [4.78, 5) is 5.65. The molecule has 0 amide bonds. The molecule has 0 spiro atoms. The molecule has 1 aliphatic rings. The number of rotatable bonds is 4. The van der Waals surface area contributed by atoms with Gasteiger partial charge in [-0.1, -0.05) is 29.6 Å². The van der Waals surface area contributed by atoms with Crippen molar-refractivity contribution in [1.29, 1.82) is 0 Å². The van der Waals surface area contributed by atoms with Crippen LogP contribution >= 0.6 is 23.4 Å². The molecule has 3 rings (SSSR count). The van der Waals surface area contributed by atoms with Crippen LogP contribution in [-0.2, 0) is 5.75 Å². The first-order chi connectivity index (χ1) is 10.2. The number of benzene rings is 1. The van der Waals surface area contributed by atoms with Crippen molar-refractivity contribution in [3.8, 4) is 0 Å². The Hall–Kier alpha value is -1.04. The van der Waals surface area contributed by atoms with Gasteiger partial charge in [0.25, 0.3) is 0 Å². The molecule has 21 heavy (non-hydrogen) atoms. The third-order valence-corrected chi connectivity index (χ3v) is 5.06. The lowest BCUT2D eigenvalue weighted by atomic mass is 9.85. The monoisotopic (exact) mass is 323 g/mol. The zero-order valence-corrected chi connectivity index (χ0v) is 13.2. The Labute approximate surface area is 133 Å². The van der Waals surface area contributed by atoms with Crippen LogP contribution in [0.1, 0.15) is 43.3 Å². The summed E-state index contributed by atoms with van der Waals surface area (Å²) in [6.07, 6.45) is 4.48. The van der Waals surface area contributed by atoms with Gasteiger partial charge in [-0.15, -0.1) is 11.8 Å². The number of nitrogens with two attached hydrogens (primary N) is 1. The Kier molecular flexibility index (Phi) is 4.83. The standard InChI is InChI=1S/C15H18ClN3OS/c16-10-5-7-11(8-6-10)21-9-14-18-15(20-19-14)12-3-1-2-4-13(12)17/h5-8,12-13H,1-4,9,17H2. The molecule has 0 bridgehead atoms. The fourth-order valence-corrected chi connectivity index (χ4v) is 3.49. The van der Waals surface area contributed by atoms with Gasteiger partial charge in [0.1, 0.15) is 0 Å². The number of aromatic nitrogens is 2. The van der Waals surface area contributed by atoms with Crippen LogP contribution in [0.4, 0.5) is 0 Å². The fraction of sp³-hybridized carbons (Fsp3) is 0.467. The number of hydrogen-bond donors (Lipinski definition) is 1. The summed E-state index contributed by atoms with van der Waals surface area (Å²) >= 11 is 7.54. The number of halogens is 1. The number of nitrogens with zero attached hydrogens (tertiary/aromatic N) is 2. The van der Waals surface area contributed by atoms with E-state index < -0.39 is 0 Å². The first-order valence-electron chi connectivity index (χ1n) is 7.19. The minimum Gasteiger partial charge on any atom is -0.339 e. The molecule has 2 atom stereocenters. The van der Waals surface area contributed by atoms with Crippen LogP contribution in [0.15, 0.2) is 33.7 Å². The van der Waals surface area contributed by atoms with Crippen LogP contribution in [0.3, 0.4) is 0 Å². The van der Waals surface area contributed by atoms with Crippen molar-refractivity contribution in [3.05, 3.63) is 41.0 Å². The van der Waals surface area contributed by atoms with Gasteiger partial charge in [0.05, 0.1) is 11.7 Å². The van der Waals surface area contributed by atoms with Crippen molar-refractivity contribution in [2.75, 3.05) is 0 Å². The van der Waals surface area contributed by atoms with E-state index in [1.807, 2.05) is 24.3 Å². The van der Waals surface area contributed by atoms with Gasteiger partial charge in [-0.3, -0.25) is 0 Å². The van der Waals surface area contributed by atoms with Gasteiger partial charge >= 0.3 is 0 Å². The molecule has 0 aliphatic heterocycles. The molecular weight excluding hydrogens is 306 g/mol. The highest BCUT2D eigenvalue weighted by atomic mass is 35.5. The minimum atomic E-state index is 0.149. The Morgan fingerprint density at radius 1 is 1.24 bits per heavy atom. The Morgan fingerprint density at radius 2 is 2.00 bits per heavy atom. The SMILES string of the molecule is NC1CCCCC1c1nc(CSc2ccc(Cl)cc2)no1. The predicted molar refractivity (Wildman–Crippen MR) is 84.5 cm³/mol. The van der Waals surface area contributed by atoms with Crippen LogP contribution in [0, 0.1) is 0 Å². The third-order valence-electron chi connectivity index (χ3n) is 3.80. The molecule has 0 saturated heterocycles. The molecule has 1 aromatic heterocycles. The van der Waals surface area contributed by atoms with E-state index in [2.05, 4.69) is 10.1 Å². The Balaban J connectivity index is 1.61. The van der Waals surface area contributed by atoms with Gasteiger partial charge < -0.3 is 10.3 Å². The van der Waals surface area contributed by atoms with Crippen molar-refractivity contribution in [2.24, 2.45) is 5.73 Å². The average Bonchev–Trinajstić information content (AvgIpc) is 2.96. The predicted octanol–water partition coefficient (Wildman–Crippen LogP) is 4.00. The molecular formula is C15H18ClN3OS. The molecule has 2 aromatic rings. The maximum Gasteiger partial charge on any atom is 0.231 e. The largest absolute Gasteiger partial charge is 0.339 e. The highest BCUT2D eigenvalue weighted by molar-refractivity contribution is 7.98. The van der Waals surface area contributed by atoms with Gasteiger partial charge in [-0.2, -0.15) is 4.98 Å². The van der Waals surface area contributed by atoms with Crippen LogP contribution in [0.25, 0.3) is 0 Å². The highest BCUT2D eigenvalue weighted by Crippen LogP contribution is 2.31. The van der Waals surface area contributed by atoms with Crippen LogP contribution in [0.5, 0.6) is 0 Å². The summed E-state index contributed by atoms with van der Waals surface area (Å²) in [5.41, 5.74) is 6.15. The van der Waals surface area contributed by atoms with E-state index in [4.69, 9.17) is 21.9 Å². The van der Waals surface area contributed by atoms with E-state index in [1.165, 1.54) is 12.8 Å². The lowest BCUT2D eigenvalue weighted by Crippen LogP contribution is -2.31. The second-order valence-electron chi connectivity index (χ2n) is 5.35. The molecule has 1 heterocycles. The van der Waals surface area contributed by atoms with Crippen molar-refractivity contribution in [2.45, 2.75) is 48.3 Å². The highest BCUT2D eigenvalue weighted by Gasteiger charge is 2.28. The average molecular weight is 324 g/mol. The molecule has 0 radical (unpaired) electrons. The maximum absolute atomic E-state index is 6.15. The van der Waals surface area contributed by atoms with Gasteiger partial charge in [0.15, 0.2) is 5.82 Å². The van der Waals surface area contributed by atoms with Crippen molar-refractivity contribution < 1.29 is 4.52 Å². The normalized spacial score (nSPS) is 22.4. The lowest BCUT2D eigenvalue weighted by Gasteiger charge is -2.25. The molecule has 1 fully saturated rings. The van der Waals surface area contributed by atoms with Crippen molar-refractivity contribution in [1.82, 2.24) is 10.1 Å². The van der Waals surface area contributed by atoms with Crippen molar-refractivity contribution >= 4 is 23.4 Å². The third kappa shape index (κ3) is 3.78. The molecule has 1 aromatic carbocycles. The molecule has 6 heteroatoms. The molecule has 1 saturated carbocycles. The van der Waals surface area contributed by atoms with Crippen LogP contribution in [-0.4, -0.2) is 16.2 Å². The van der Waals surface area contributed by atoms with E-state index in [0.717, 1.165) is 28.6 Å². The minimum absolute atomic E-state index is 0.149. The topological polar surface area (TPSA) is 64.9 Å². The quantitative estimate of drug-likeness (QED) is 0.861.